The Morgan fingerprint density at radius 3 is 2.33 bits per heavy atom. The number of alkyl halides is 3. The number of anilines is 2. The Labute approximate surface area is 198 Å². The lowest BCUT2D eigenvalue weighted by molar-refractivity contribution is -0.141. The summed E-state index contributed by atoms with van der Waals surface area (Å²) < 4.78 is 69.8. The highest BCUT2D eigenvalue weighted by Crippen LogP contribution is 2.43. The highest BCUT2D eigenvalue weighted by atomic mass is 35.5. The normalized spacial score (nSPS) is 16.4. The van der Waals surface area contributed by atoms with Crippen LogP contribution in [-0.4, -0.2) is 25.2 Å². The minimum atomic E-state index is -4.72. The first-order valence-electron chi connectivity index (χ1n) is 9.54. The van der Waals surface area contributed by atoms with Crippen molar-refractivity contribution in [3.05, 3.63) is 86.5 Å². The number of nitrogens with one attached hydrogen (secondary N) is 1. The van der Waals surface area contributed by atoms with Gasteiger partial charge in [0.1, 0.15) is 16.8 Å². The molecule has 1 aliphatic heterocycles. The van der Waals surface area contributed by atoms with Gasteiger partial charge in [0.05, 0.1) is 15.7 Å². The van der Waals surface area contributed by atoms with E-state index in [-0.39, 0.29) is 26.5 Å². The van der Waals surface area contributed by atoms with Gasteiger partial charge >= 0.3 is 6.18 Å². The molecule has 2 heterocycles. The average Bonchev–Trinajstić information content (AvgIpc) is 3.19. The highest BCUT2D eigenvalue weighted by molar-refractivity contribution is 7.96. The smallest absolute Gasteiger partial charge is 0.343 e. The number of hydrogen-bond acceptors (Lipinski definition) is 4. The maximum atomic E-state index is 13.8. The molecule has 12 heteroatoms. The molecule has 1 N–H and O–H groups in total. The van der Waals surface area contributed by atoms with Gasteiger partial charge < -0.3 is 5.32 Å². The zero-order valence-corrected chi connectivity index (χ0v) is 19.6. The van der Waals surface area contributed by atoms with Gasteiger partial charge in [-0.25, -0.2) is 13.1 Å². The fourth-order valence-electron chi connectivity index (χ4n) is 3.63. The van der Waals surface area contributed by atoms with Gasteiger partial charge in [-0.05, 0) is 36.8 Å². The molecule has 2 aromatic carbocycles. The molecule has 6 nitrogen and oxygen atoms in total. The van der Waals surface area contributed by atoms with Crippen LogP contribution in [0.15, 0.2) is 65.2 Å². The summed E-state index contributed by atoms with van der Waals surface area (Å²) >= 11 is 12.2. The first-order chi connectivity index (χ1) is 15.4. The number of para-hydroxylation sites is 1. The third kappa shape index (κ3) is 4.18. The lowest BCUT2D eigenvalue weighted by Crippen LogP contribution is -2.36. The van der Waals surface area contributed by atoms with Crippen molar-refractivity contribution in [1.82, 2.24) is 9.78 Å². The van der Waals surface area contributed by atoms with Crippen molar-refractivity contribution in [3.63, 3.8) is 0 Å². The third-order valence-corrected chi connectivity index (χ3v) is 7.98. The molecule has 174 valence electrons. The van der Waals surface area contributed by atoms with Crippen molar-refractivity contribution in [2.24, 2.45) is 0 Å². The van der Waals surface area contributed by atoms with Crippen molar-refractivity contribution >= 4 is 44.7 Å². The highest BCUT2D eigenvalue weighted by Gasteiger charge is 2.42. The van der Waals surface area contributed by atoms with Gasteiger partial charge in [-0.1, -0.05) is 47.5 Å². The molecule has 0 saturated carbocycles. The van der Waals surface area contributed by atoms with E-state index in [1.54, 1.807) is 30.3 Å². The Hall–Kier alpha value is -2.69. The predicted octanol–water partition coefficient (Wildman–Crippen LogP) is 5.92. The second kappa shape index (κ2) is 8.27. The van der Waals surface area contributed by atoms with Gasteiger partial charge in [0.2, 0.25) is 0 Å². The largest absolute Gasteiger partial charge is 0.435 e. The fraction of sp³-hybridized carbons (Fsp3) is 0.190. The summed E-state index contributed by atoms with van der Waals surface area (Å²) in [6.07, 6.45) is -4.72. The number of aromatic nitrogens is 2. The first-order valence-corrected chi connectivity index (χ1v) is 11.7. The van der Waals surface area contributed by atoms with Gasteiger partial charge in [-0.2, -0.15) is 18.3 Å². The number of hydrogen-bond donors (Lipinski definition) is 1. The molecule has 0 radical (unpaired) electrons. The molecular formula is C21H17Cl2F3N4O2S. The minimum absolute atomic E-state index is 0.00258. The zero-order chi connectivity index (χ0) is 24.1. The van der Waals surface area contributed by atoms with Crippen LogP contribution in [0.25, 0.3) is 0 Å². The van der Waals surface area contributed by atoms with Crippen molar-refractivity contribution < 1.29 is 21.6 Å². The van der Waals surface area contributed by atoms with E-state index in [4.69, 9.17) is 23.2 Å². The second-order valence-electron chi connectivity index (χ2n) is 7.36. The van der Waals surface area contributed by atoms with Crippen LogP contribution in [0, 0.1) is 0 Å². The molecule has 3 aromatic rings. The van der Waals surface area contributed by atoms with Crippen molar-refractivity contribution in [2.45, 2.75) is 19.1 Å². The van der Waals surface area contributed by atoms with Crippen LogP contribution >= 0.6 is 23.2 Å². The maximum Gasteiger partial charge on any atom is 0.435 e. The van der Waals surface area contributed by atoms with Gasteiger partial charge in [0.25, 0.3) is 10.0 Å². The minimum Gasteiger partial charge on any atom is -0.343 e. The second-order valence-corrected chi connectivity index (χ2v) is 10.1. The van der Waals surface area contributed by atoms with Crippen LogP contribution in [0.4, 0.5) is 24.7 Å². The van der Waals surface area contributed by atoms with Gasteiger partial charge in [-0.3, -0.25) is 4.31 Å². The molecule has 1 aromatic heterocycles. The number of nitrogens with zero attached hydrogens (tertiary/aromatic N) is 3. The van der Waals surface area contributed by atoms with Crippen molar-refractivity contribution in [1.29, 1.82) is 0 Å². The van der Waals surface area contributed by atoms with Crippen molar-refractivity contribution in [3.8, 4) is 0 Å². The molecule has 0 spiro atoms. The van der Waals surface area contributed by atoms with Crippen LogP contribution in [-0.2, 0) is 16.2 Å². The number of halogens is 5. The number of sulfonamides is 1. The van der Waals surface area contributed by atoms with Crippen LogP contribution in [0.3, 0.4) is 0 Å². The Bertz CT molecular complexity index is 1360. The summed E-state index contributed by atoms with van der Waals surface area (Å²) in [5.74, 6) is -0.00258. The number of fused-ring (bicyclic) bond motifs is 1. The third-order valence-electron chi connectivity index (χ3n) is 5.22. The first kappa shape index (κ1) is 23.5. The maximum absolute atomic E-state index is 13.8. The summed E-state index contributed by atoms with van der Waals surface area (Å²) in [5.41, 5.74) is -0.302. The molecule has 1 unspecified atom stereocenters. The van der Waals surface area contributed by atoms with E-state index in [0.29, 0.717) is 11.3 Å². The van der Waals surface area contributed by atoms with Crippen LogP contribution in [0.5, 0.6) is 0 Å². The fourth-order valence-corrected chi connectivity index (χ4v) is 5.58. The SMILES string of the molecule is CC1=C(S(=O)(=O)N(C)c2ccccc2)C(c2ccc(Cl)c(Cl)c2)n2nc(C(F)(F)F)cc2N1. The monoisotopic (exact) mass is 516 g/mol. The van der Waals surface area contributed by atoms with E-state index < -0.39 is 27.9 Å². The Kier molecular flexibility index (Phi) is 5.88. The number of allylic oxidation sites excluding steroid dienone is 2. The van der Waals surface area contributed by atoms with Gasteiger partial charge in [-0.15, -0.1) is 0 Å². The van der Waals surface area contributed by atoms with Gasteiger partial charge in [0, 0.05) is 18.8 Å². The molecule has 33 heavy (non-hydrogen) atoms. The summed E-state index contributed by atoms with van der Waals surface area (Å²) in [6.45, 7) is 1.49. The lowest BCUT2D eigenvalue weighted by Gasteiger charge is -2.32. The molecule has 1 atom stereocenters. The van der Waals surface area contributed by atoms with Crippen molar-refractivity contribution in [2.75, 3.05) is 16.7 Å². The molecule has 0 amide bonds. The van der Waals surface area contributed by atoms with Crippen LogP contribution in [0.1, 0.15) is 24.2 Å². The Morgan fingerprint density at radius 2 is 1.73 bits per heavy atom. The molecule has 0 bridgehead atoms. The summed E-state index contributed by atoms with van der Waals surface area (Å²) in [7, 11) is -2.85. The quantitative estimate of drug-likeness (QED) is 0.467. The van der Waals surface area contributed by atoms with Crippen LogP contribution < -0.4 is 9.62 Å². The zero-order valence-electron chi connectivity index (χ0n) is 17.2. The van der Waals surface area contributed by atoms with Crippen LogP contribution in [0.2, 0.25) is 10.0 Å². The van der Waals surface area contributed by atoms with Gasteiger partial charge in [0.15, 0.2) is 5.69 Å². The van der Waals surface area contributed by atoms with E-state index in [0.717, 1.165) is 15.1 Å². The molecule has 0 saturated heterocycles. The summed E-state index contributed by atoms with van der Waals surface area (Å²) in [6, 6.07) is 12.3. The summed E-state index contributed by atoms with van der Waals surface area (Å²) in [5, 5.41) is 6.80. The standard InChI is InChI=1S/C21H17Cl2F3N4O2S/c1-12-20(33(31,32)29(2)14-6-4-3-5-7-14)19(13-8-9-15(22)16(23)10-13)30-18(27-12)11-17(28-30)21(24,25)26/h3-11,19,27H,1-2H3. The molecule has 0 fully saturated rings. The average molecular weight is 517 g/mol. The number of benzene rings is 2. The Balaban J connectivity index is 1.94. The topological polar surface area (TPSA) is 67.2 Å². The molecule has 1 aliphatic rings. The molecule has 4 rings (SSSR count). The predicted molar refractivity (Wildman–Crippen MR) is 122 cm³/mol. The van der Waals surface area contributed by atoms with E-state index in [1.807, 2.05) is 0 Å². The molecular weight excluding hydrogens is 500 g/mol. The van der Waals surface area contributed by atoms with E-state index in [9.17, 15) is 21.6 Å². The number of rotatable bonds is 4. The van der Waals surface area contributed by atoms with E-state index >= 15 is 0 Å². The Morgan fingerprint density at radius 1 is 1.06 bits per heavy atom. The molecule has 0 aliphatic carbocycles. The summed E-state index contributed by atoms with van der Waals surface area (Å²) in [4.78, 5) is -0.170. The lowest BCUT2D eigenvalue weighted by atomic mass is 10.0. The van der Waals surface area contributed by atoms with E-state index in [2.05, 4.69) is 10.4 Å². The van der Waals surface area contributed by atoms with E-state index in [1.165, 1.54) is 32.2 Å².